The quantitative estimate of drug-likeness (QED) is 0.214. The third-order valence-corrected chi connectivity index (χ3v) is 6.39. The first-order valence-corrected chi connectivity index (χ1v) is 13.1. The molecule has 0 amide bonds. The minimum Gasteiger partial charge on any atom is -0.318 e. The van der Waals surface area contributed by atoms with Crippen LogP contribution in [0.25, 0.3) is 11.3 Å². The van der Waals surface area contributed by atoms with E-state index in [0.717, 1.165) is 75.9 Å². The molecule has 0 fully saturated rings. The summed E-state index contributed by atoms with van der Waals surface area (Å²) in [6, 6.07) is 6.68. The Hall–Kier alpha value is -2.66. The Balaban J connectivity index is 2.51. The van der Waals surface area contributed by atoms with Crippen molar-refractivity contribution in [1.29, 1.82) is 0 Å². The van der Waals surface area contributed by atoms with E-state index in [0.29, 0.717) is 6.04 Å². The van der Waals surface area contributed by atoms with Crippen molar-refractivity contribution in [3.63, 3.8) is 0 Å². The maximum Gasteiger partial charge on any atom is 0.137 e. The molecular weight excluding hydrogens is 436 g/mol. The fourth-order valence-corrected chi connectivity index (χ4v) is 4.83. The Morgan fingerprint density at radius 3 is 2.41 bits per heavy atom. The molecular formula is C29H40N4S. The smallest absolute Gasteiger partial charge is 0.137 e. The van der Waals surface area contributed by atoms with Gasteiger partial charge in [0.2, 0.25) is 0 Å². The molecule has 0 N–H and O–H groups in total. The molecule has 4 nitrogen and oxygen atoms in total. The molecule has 0 spiro atoms. The number of hydrogen-bond donors (Lipinski definition) is 0. The number of aryl methyl sites for hydroxylation is 2. The van der Waals surface area contributed by atoms with E-state index < -0.39 is 0 Å². The molecule has 182 valence electrons. The van der Waals surface area contributed by atoms with Crippen molar-refractivity contribution in [2.75, 3.05) is 4.90 Å². The van der Waals surface area contributed by atoms with Gasteiger partial charge in [0, 0.05) is 40.8 Å². The van der Waals surface area contributed by atoms with Crippen LogP contribution in [0.4, 0.5) is 5.82 Å². The Morgan fingerprint density at radius 1 is 1.12 bits per heavy atom. The summed E-state index contributed by atoms with van der Waals surface area (Å²) in [5.41, 5.74) is 5.23. The van der Waals surface area contributed by atoms with E-state index in [2.05, 4.69) is 86.9 Å². The maximum absolute atomic E-state index is 5.15. The molecule has 2 aromatic rings. The van der Waals surface area contributed by atoms with E-state index in [4.69, 9.17) is 4.98 Å². The van der Waals surface area contributed by atoms with Crippen LogP contribution in [0.15, 0.2) is 70.5 Å². The molecule has 0 bridgehead atoms. The molecule has 0 atom stereocenters. The summed E-state index contributed by atoms with van der Waals surface area (Å²) in [6.45, 7) is 21.5. The van der Waals surface area contributed by atoms with Gasteiger partial charge in [0.1, 0.15) is 5.82 Å². The van der Waals surface area contributed by atoms with Crippen molar-refractivity contribution in [3.8, 4) is 11.3 Å². The summed E-state index contributed by atoms with van der Waals surface area (Å²) in [6.07, 6.45) is 12.9. The van der Waals surface area contributed by atoms with Gasteiger partial charge in [-0.1, -0.05) is 64.6 Å². The average Bonchev–Trinajstić information content (AvgIpc) is 2.80. The van der Waals surface area contributed by atoms with E-state index in [1.54, 1.807) is 11.8 Å². The van der Waals surface area contributed by atoms with Gasteiger partial charge in [0.05, 0.1) is 10.7 Å². The van der Waals surface area contributed by atoms with Gasteiger partial charge in [-0.25, -0.2) is 4.98 Å². The van der Waals surface area contributed by atoms with E-state index >= 15 is 0 Å². The second kappa shape index (κ2) is 13.9. The van der Waals surface area contributed by atoms with Gasteiger partial charge in [0.15, 0.2) is 0 Å². The van der Waals surface area contributed by atoms with Crippen LogP contribution in [0, 0.1) is 13.8 Å². The SMILES string of the molecule is C=C(/C=C(CC)\N=C/C)SC(=C)N(c1nc(-c2cncc(C)c2)ccc1C)C(CCC)CCC. The van der Waals surface area contributed by atoms with Crippen molar-refractivity contribution >= 4 is 23.8 Å². The first-order valence-electron chi connectivity index (χ1n) is 12.3. The Labute approximate surface area is 211 Å². The minimum atomic E-state index is 0.322. The lowest BCUT2D eigenvalue weighted by Crippen LogP contribution is -2.34. The number of pyridine rings is 2. The standard InChI is InChI=1S/C29H40N4S/c1-9-13-27(14-10-2)33(24(8)34-23(7)18-26(11-3)31-12-4)29-22(6)15-16-28(32-29)25-17-21(5)19-30-20-25/h12,15-20,27H,7-11,13-14H2,1-6H3/b26-18-,31-12-. The minimum absolute atomic E-state index is 0.322. The average molecular weight is 477 g/mol. The number of hydrogen-bond acceptors (Lipinski definition) is 5. The molecule has 0 aliphatic carbocycles. The van der Waals surface area contributed by atoms with Gasteiger partial charge < -0.3 is 4.90 Å². The van der Waals surface area contributed by atoms with Crippen LogP contribution in [0.1, 0.15) is 70.9 Å². The number of anilines is 1. The molecule has 0 saturated carbocycles. The third kappa shape index (κ3) is 7.69. The molecule has 0 aromatic carbocycles. The van der Waals surface area contributed by atoms with Gasteiger partial charge in [-0.2, -0.15) is 0 Å². The van der Waals surface area contributed by atoms with Gasteiger partial charge in [0.25, 0.3) is 0 Å². The third-order valence-electron chi connectivity index (χ3n) is 5.58. The molecule has 2 rings (SSSR count). The number of rotatable bonds is 13. The molecule has 34 heavy (non-hydrogen) atoms. The number of nitrogens with zero attached hydrogens (tertiary/aromatic N) is 4. The number of thioether (sulfide) groups is 1. The van der Waals surface area contributed by atoms with Crippen LogP contribution in [0.5, 0.6) is 0 Å². The maximum atomic E-state index is 5.15. The number of aromatic nitrogens is 2. The predicted molar refractivity (Wildman–Crippen MR) is 151 cm³/mol. The highest BCUT2D eigenvalue weighted by atomic mass is 32.2. The van der Waals surface area contributed by atoms with Crippen LogP contribution >= 0.6 is 11.8 Å². The topological polar surface area (TPSA) is 41.4 Å². The monoisotopic (exact) mass is 476 g/mol. The van der Waals surface area contributed by atoms with Crippen LogP contribution in [-0.2, 0) is 0 Å². The van der Waals surface area contributed by atoms with Crippen molar-refractivity contribution < 1.29 is 0 Å². The largest absolute Gasteiger partial charge is 0.318 e. The van der Waals surface area contributed by atoms with Crippen LogP contribution in [0.2, 0.25) is 0 Å². The molecule has 2 aromatic heterocycles. The fraction of sp³-hybridized carbons (Fsp3) is 0.414. The summed E-state index contributed by atoms with van der Waals surface area (Å²) in [4.78, 5) is 17.2. The Kier molecular flexibility index (Phi) is 11.3. The van der Waals surface area contributed by atoms with E-state index in [1.165, 1.54) is 0 Å². The first kappa shape index (κ1) is 27.6. The highest BCUT2D eigenvalue weighted by Crippen LogP contribution is 2.37. The lowest BCUT2D eigenvalue weighted by Gasteiger charge is -2.35. The van der Waals surface area contributed by atoms with Crippen LogP contribution in [0.3, 0.4) is 0 Å². The number of aliphatic imine (C=N–C) groups is 1. The molecule has 0 aliphatic rings. The normalized spacial score (nSPS) is 11.9. The van der Waals surface area contributed by atoms with Gasteiger partial charge in [-0.15, -0.1) is 0 Å². The molecule has 5 heteroatoms. The molecule has 2 heterocycles. The predicted octanol–water partition coefficient (Wildman–Crippen LogP) is 8.64. The second-order valence-electron chi connectivity index (χ2n) is 8.53. The zero-order valence-corrected chi connectivity index (χ0v) is 22.6. The molecule has 0 radical (unpaired) electrons. The highest BCUT2D eigenvalue weighted by molar-refractivity contribution is 8.07. The summed E-state index contributed by atoms with van der Waals surface area (Å²) >= 11 is 1.60. The summed E-state index contributed by atoms with van der Waals surface area (Å²) in [7, 11) is 0. The van der Waals surface area contributed by atoms with Crippen molar-refractivity contribution in [3.05, 3.63) is 76.6 Å². The first-order chi connectivity index (χ1) is 16.3. The number of allylic oxidation sites excluding steroid dienone is 2. The summed E-state index contributed by atoms with van der Waals surface area (Å²) in [5.74, 6) is 0.961. The zero-order chi connectivity index (χ0) is 25.1. The van der Waals surface area contributed by atoms with Crippen LogP contribution in [-0.4, -0.2) is 22.2 Å². The lowest BCUT2D eigenvalue weighted by atomic mass is 10.0. The van der Waals surface area contributed by atoms with Crippen LogP contribution < -0.4 is 4.90 Å². The second-order valence-corrected chi connectivity index (χ2v) is 9.73. The van der Waals surface area contributed by atoms with E-state index in [9.17, 15) is 0 Å². The van der Waals surface area contributed by atoms with Gasteiger partial charge in [-0.05, 0) is 69.4 Å². The summed E-state index contributed by atoms with van der Waals surface area (Å²) in [5, 5.41) is 0.944. The van der Waals surface area contributed by atoms with Crippen molar-refractivity contribution in [1.82, 2.24) is 9.97 Å². The Morgan fingerprint density at radius 2 is 1.82 bits per heavy atom. The lowest BCUT2D eigenvalue weighted by molar-refractivity contribution is 0.533. The molecule has 0 unspecified atom stereocenters. The van der Waals surface area contributed by atoms with E-state index in [1.807, 2.05) is 25.5 Å². The summed E-state index contributed by atoms with van der Waals surface area (Å²) < 4.78 is 0. The molecule has 0 aliphatic heterocycles. The Bertz CT molecular complexity index is 1030. The fourth-order valence-electron chi connectivity index (χ4n) is 3.99. The van der Waals surface area contributed by atoms with Crippen molar-refractivity contribution in [2.45, 2.75) is 79.7 Å². The molecule has 0 saturated heterocycles. The van der Waals surface area contributed by atoms with Gasteiger partial charge >= 0.3 is 0 Å². The van der Waals surface area contributed by atoms with Crippen molar-refractivity contribution in [2.24, 2.45) is 4.99 Å². The highest BCUT2D eigenvalue weighted by Gasteiger charge is 2.24. The van der Waals surface area contributed by atoms with E-state index in [-0.39, 0.29) is 0 Å². The van der Waals surface area contributed by atoms with Gasteiger partial charge in [-0.3, -0.25) is 9.98 Å². The zero-order valence-electron chi connectivity index (χ0n) is 21.8.